The van der Waals surface area contributed by atoms with E-state index in [-0.39, 0.29) is 10.6 Å². The summed E-state index contributed by atoms with van der Waals surface area (Å²) < 4.78 is 33.2. The van der Waals surface area contributed by atoms with Crippen LogP contribution in [0.25, 0.3) is 0 Å². The fourth-order valence-electron chi connectivity index (χ4n) is 2.07. The Bertz CT molecular complexity index is 853. The fourth-order valence-corrected chi connectivity index (χ4v) is 3.86. The quantitative estimate of drug-likeness (QED) is 0.576. The Hall–Kier alpha value is -1.97. The van der Waals surface area contributed by atoms with Crippen molar-refractivity contribution in [1.29, 1.82) is 0 Å². The van der Waals surface area contributed by atoms with Gasteiger partial charge in [-0.05, 0) is 52.7 Å². The van der Waals surface area contributed by atoms with E-state index in [4.69, 9.17) is 4.74 Å². The van der Waals surface area contributed by atoms with Crippen molar-refractivity contribution >= 4 is 31.6 Å². The summed E-state index contributed by atoms with van der Waals surface area (Å²) in [5, 5.41) is 10.6. The van der Waals surface area contributed by atoms with E-state index in [1.807, 2.05) is 0 Å². The van der Waals surface area contributed by atoms with Crippen LogP contribution < -0.4 is 9.46 Å². The minimum Gasteiger partial charge on any atom is -0.496 e. The van der Waals surface area contributed by atoms with Crippen molar-refractivity contribution in [2.24, 2.45) is 0 Å². The molecule has 0 aliphatic rings. The summed E-state index contributed by atoms with van der Waals surface area (Å²) >= 11 is 3.36. The van der Waals surface area contributed by atoms with Crippen LogP contribution in [-0.2, 0) is 10.0 Å². The van der Waals surface area contributed by atoms with E-state index in [1.54, 1.807) is 32.2 Å². The Kier molecular flexibility index (Phi) is 5.58. The number of rotatable bonds is 6. The second kappa shape index (κ2) is 7.29. The first-order chi connectivity index (χ1) is 11.2. The largest absolute Gasteiger partial charge is 0.496 e. The summed E-state index contributed by atoms with van der Waals surface area (Å²) in [6.45, 7) is 1.71. The van der Waals surface area contributed by atoms with Gasteiger partial charge in [-0.25, -0.2) is 13.1 Å². The molecule has 2 rings (SSSR count). The number of hydrogen-bond acceptors (Lipinski definition) is 5. The number of nitro benzene ring substituents is 1. The van der Waals surface area contributed by atoms with Crippen LogP contribution in [0.15, 0.2) is 51.8 Å². The van der Waals surface area contributed by atoms with Gasteiger partial charge in [0.15, 0.2) is 0 Å². The summed E-state index contributed by atoms with van der Waals surface area (Å²) in [5.41, 5.74) is 0.578. The lowest BCUT2D eigenvalue weighted by molar-refractivity contribution is -0.384. The minimum atomic E-state index is -3.80. The highest BCUT2D eigenvalue weighted by Crippen LogP contribution is 2.28. The molecule has 1 N–H and O–H groups in total. The molecule has 0 fully saturated rings. The molecule has 2 aromatic carbocycles. The van der Waals surface area contributed by atoms with Gasteiger partial charge in [0.2, 0.25) is 10.0 Å². The molecule has 0 saturated carbocycles. The van der Waals surface area contributed by atoms with Crippen LogP contribution in [-0.4, -0.2) is 20.5 Å². The van der Waals surface area contributed by atoms with Crippen LogP contribution >= 0.6 is 15.9 Å². The topological polar surface area (TPSA) is 98.5 Å². The third kappa shape index (κ3) is 4.11. The number of hydrogen-bond donors (Lipinski definition) is 1. The Morgan fingerprint density at radius 2 is 1.83 bits per heavy atom. The molecule has 0 radical (unpaired) electrons. The number of nitrogens with zero attached hydrogens (tertiary/aromatic N) is 1. The van der Waals surface area contributed by atoms with Gasteiger partial charge in [0.25, 0.3) is 5.69 Å². The van der Waals surface area contributed by atoms with E-state index < -0.39 is 21.0 Å². The minimum absolute atomic E-state index is 0.0347. The molecule has 0 amide bonds. The second-order valence-electron chi connectivity index (χ2n) is 4.99. The Morgan fingerprint density at radius 3 is 2.33 bits per heavy atom. The van der Waals surface area contributed by atoms with Crippen molar-refractivity contribution in [1.82, 2.24) is 4.72 Å². The van der Waals surface area contributed by atoms with E-state index in [0.717, 1.165) is 17.7 Å². The van der Waals surface area contributed by atoms with Crippen LogP contribution in [0, 0.1) is 10.1 Å². The van der Waals surface area contributed by atoms with Gasteiger partial charge in [-0.3, -0.25) is 10.1 Å². The van der Waals surface area contributed by atoms with Gasteiger partial charge >= 0.3 is 0 Å². The summed E-state index contributed by atoms with van der Waals surface area (Å²) in [4.78, 5) is 10.0. The average molecular weight is 415 g/mol. The molecule has 0 aliphatic carbocycles. The first-order valence-electron chi connectivity index (χ1n) is 6.85. The van der Waals surface area contributed by atoms with Gasteiger partial charge in [-0.1, -0.05) is 6.07 Å². The van der Waals surface area contributed by atoms with E-state index in [9.17, 15) is 18.5 Å². The maximum atomic E-state index is 12.4. The zero-order chi connectivity index (χ0) is 17.9. The third-order valence-corrected chi connectivity index (χ3v) is 5.54. The third-order valence-electron chi connectivity index (χ3n) is 3.37. The van der Waals surface area contributed by atoms with E-state index in [0.29, 0.717) is 10.2 Å². The molecule has 0 aromatic heterocycles. The molecule has 0 spiro atoms. The number of nitrogens with one attached hydrogen (secondary N) is 1. The number of methoxy groups -OCH3 is 1. The first-order valence-corrected chi connectivity index (χ1v) is 9.12. The van der Waals surface area contributed by atoms with Gasteiger partial charge < -0.3 is 4.74 Å². The summed E-state index contributed by atoms with van der Waals surface area (Å²) in [6.07, 6.45) is 0. The van der Waals surface area contributed by atoms with E-state index in [1.165, 1.54) is 12.1 Å². The molecule has 1 atom stereocenters. The molecule has 0 aliphatic heterocycles. The van der Waals surface area contributed by atoms with Crippen LogP contribution in [0.4, 0.5) is 5.69 Å². The van der Waals surface area contributed by atoms with Crippen molar-refractivity contribution in [2.75, 3.05) is 7.11 Å². The maximum Gasteiger partial charge on any atom is 0.269 e. The Balaban J connectivity index is 2.21. The zero-order valence-corrected chi connectivity index (χ0v) is 15.3. The van der Waals surface area contributed by atoms with Crippen LogP contribution in [0.2, 0.25) is 0 Å². The van der Waals surface area contributed by atoms with Crippen molar-refractivity contribution in [2.45, 2.75) is 17.9 Å². The highest BCUT2D eigenvalue weighted by atomic mass is 79.9. The van der Waals surface area contributed by atoms with Crippen LogP contribution in [0.5, 0.6) is 5.75 Å². The molecule has 9 heteroatoms. The molecular formula is C15H15BrN2O5S. The molecule has 128 valence electrons. The Morgan fingerprint density at radius 1 is 1.21 bits per heavy atom. The molecule has 2 aromatic rings. The normalized spacial score (nSPS) is 12.6. The predicted octanol–water partition coefficient (Wildman–Crippen LogP) is 3.41. The number of halogens is 1. The molecular weight excluding hydrogens is 400 g/mol. The number of benzene rings is 2. The first kappa shape index (κ1) is 18.4. The van der Waals surface area contributed by atoms with Gasteiger partial charge in [-0.2, -0.15) is 0 Å². The van der Waals surface area contributed by atoms with Crippen molar-refractivity contribution in [3.8, 4) is 5.75 Å². The van der Waals surface area contributed by atoms with Gasteiger partial charge in [0.1, 0.15) is 5.75 Å². The predicted molar refractivity (Wildman–Crippen MR) is 92.5 cm³/mol. The standard InChI is InChI=1S/C15H15BrN2O5S/c1-10(11-3-8-15(23-2)14(16)9-11)17-24(21,22)13-6-4-12(5-7-13)18(19)20/h3-10,17H,1-2H3. The van der Waals surface area contributed by atoms with Crippen LogP contribution in [0.3, 0.4) is 0 Å². The lowest BCUT2D eigenvalue weighted by atomic mass is 10.1. The SMILES string of the molecule is COc1ccc(C(C)NS(=O)(=O)c2ccc([N+](=O)[O-])cc2)cc1Br. The molecule has 7 nitrogen and oxygen atoms in total. The molecule has 0 saturated heterocycles. The number of non-ortho nitro benzene ring substituents is 1. The molecule has 0 bridgehead atoms. The monoisotopic (exact) mass is 414 g/mol. The summed E-state index contributed by atoms with van der Waals surface area (Å²) in [7, 11) is -2.26. The van der Waals surface area contributed by atoms with E-state index in [2.05, 4.69) is 20.7 Å². The maximum absolute atomic E-state index is 12.4. The number of nitro groups is 1. The molecule has 24 heavy (non-hydrogen) atoms. The lowest BCUT2D eigenvalue weighted by Crippen LogP contribution is -2.26. The smallest absolute Gasteiger partial charge is 0.269 e. The molecule has 0 heterocycles. The second-order valence-corrected chi connectivity index (χ2v) is 7.56. The van der Waals surface area contributed by atoms with Gasteiger partial charge in [-0.15, -0.1) is 0 Å². The highest BCUT2D eigenvalue weighted by Gasteiger charge is 2.20. The van der Waals surface area contributed by atoms with Crippen LogP contribution in [0.1, 0.15) is 18.5 Å². The summed E-state index contributed by atoms with van der Waals surface area (Å²) in [5.74, 6) is 0.643. The Labute approximate surface area is 148 Å². The number of sulfonamides is 1. The average Bonchev–Trinajstić information content (AvgIpc) is 2.54. The lowest BCUT2D eigenvalue weighted by Gasteiger charge is -2.16. The van der Waals surface area contributed by atoms with Gasteiger partial charge in [0, 0.05) is 18.2 Å². The van der Waals surface area contributed by atoms with E-state index >= 15 is 0 Å². The van der Waals surface area contributed by atoms with Crippen molar-refractivity contribution < 1.29 is 18.1 Å². The zero-order valence-electron chi connectivity index (χ0n) is 12.9. The summed E-state index contributed by atoms with van der Waals surface area (Å²) in [6, 6.07) is 9.48. The number of ether oxygens (including phenoxy) is 1. The van der Waals surface area contributed by atoms with Crippen molar-refractivity contribution in [3.63, 3.8) is 0 Å². The van der Waals surface area contributed by atoms with Gasteiger partial charge in [0.05, 0.1) is 21.4 Å². The highest BCUT2D eigenvalue weighted by molar-refractivity contribution is 9.10. The molecule has 1 unspecified atom stereocenters. The van der Waals surface area contributed by atoms with Crippen molar-refractivity contribution in [3.05, 3.63) is 62.6 Å². The fraction of sp³-hybridized carbons (Fsp3) is 0.200.